The number of halogens is 2. The fourth-order valence-corrected chi connectivity index (χ4v) is 1.49. The van der Waals surface area contributed by atoms with E-state index in [9.17, 15) is 8.78 Å². The molecule has 4 heteroatoms. The van der Waals surface area contributed by atoms with Gasteiger partial charge in [0.2, 0.25) is 0 Å². The molecule has 15 heavy (non-hydrogen) atoms. The van der Waals surface area contributed by atoms with Crippen LogP contribution in [0.2, 0.25) is 0 Å². The van der Waals surface area contributed by atoms with Crippen LogP contribution < -0.4 is 5.32 Å². The highest BCUT2D eigenvalue weighted by atomic mass is 19.3. The predicted molar refractivity (Wildman–Crippen MR) is 60.5 cm³/mol. The van der Waals surface area contributed by atoms with E-state index in [2.05, 4.69) is 12.2 Å². The van der Waals surface area contributed by atoms with Crippen LogP contribution in [0.25, 0.3) is 0 Å². The molecule has 0 spiro atoms. The highest BCUT2D eigenvalue weighted by Gasteiger charge is 2.06. The zero-order valence-corrected chi connectivity index (χ0v) is 9.94. The second kappa shape index (κ2) is 10.3. The summed E-state index contributed by atoms with van der Waals surface area (Å²) in [7, 11) is 1.75. The summed E-state index contributed by atoms with van der Waals surface area (Å²) < 4.78 is 23.9. The molecule has 0 aliphatic heterocycles. The molecule has 0 heterocycles. The monoisotopic (exact) mass is 222 g/mol. The number of unbranched alkanes of at least 4 members (excludes halogenated alkanes) is 3. The van der Waals surface area contributed by atoms with E-state index >= 15 is 0 Å². The van der Waals surface area contributed by atoms with E-state index < -0.39 is 6.43 Å². The molecule has 0 aromatic heterocycles. The Kier molecular flexibility index (Phi) is 10.2. The van der Waals surface area contributed by atoms with Crippen LogP contribution in [0.3, 0.4) is 0 Å². The second-order valence-corrected chi connectivity index (χ2v) is 3.92. The van der Waals surface area contributed by atoms with Gasteiger partial charge in [-0.2, -0.15) is 0 Å². The van der Waals surface area contributed by atoms with Crippen molar-refractivity contribution in [2.45, 2.75) is 39.0 Å². The van der Waals surface area contributed by atoms with E-state index in [-0.39, 0.29) is 6.54 Å². The van der Waals surface area contributed by atoms with Crippen molar-refractivity contribution in [3.63, 3.8) is 0 Å². The zero-order valence-electron chi connectivity index (χ0n) is 9.94. The largest absolute Gasteiger partial charge is 0.317 e. The van der Waals surface area contributed by atoms with Gasteiger partial charge in [0.15, 0.2) is 0 Å². The molecule has 0 saturated heterocycles. The molecule has 0 aliphatic carbocycles. The Balaban J connectivity index is 3.09. The molecular weight excluding hydrogens is 198 g/mol. The molecular formula is C11H24F2N2. The van der Waals surface area contributed by atoms with Crippen LogP contribution in [0.5, 0.6) is 0 Å². The van der Waals surface area contributed by atoms with E-state index in [0.29, 0.717) is 0 Å². The first kappa shape index (κ1) is 14.8. The van der Waals surface area contributed by atoms with Crippen molar-refractivity contribution in [3.8, 4) is 0 Å². The van der Waals surface area contributed by atoms with Crippen LogP contribution in [0.15, 0.2) is 0 Å². The van der Waals surface area contributed by atoms with Crippen molar-refractivity contribution in [1.29, 1.82) is 0 Å². The van der Waals surface area contributed by atoms with Gasteiger partial charge in [0.25, 0.3) is 6.43 Å². The molecule has 0 aliphatic rings. The molecule has 0 atom stereocenters. The van der Waals surface area contributed by atoms with Crippen molar-refractivity contribution in [2.75, 3.05) is 33.2 Å². The number of nitrogens with zero attached hydrogens (tertiary/aromatic N) is 1. The smallest absolute Gasteiger partial charge is 0.251 e. The molecule has 0 aromatic rings. The van der Waals surface area contributed by atoms with Crippen LogP contribution in [0.4, 0.5) is 8.78 Å². The second-order valence-electron chi connectivity index (χ2n) is 3.92. The molecule has 2 nitrogen and oxygen atoms in total. The van der Waals surface area contributed by atoms with Crippen LogP contribution >= 0.6 is 0 Å². The molecule has 0 fully saturated rings. The van der Waals surface area contributed by atoms with E-state index in [1.165, 1.54) is 12.8 Å². The van der Waals surface area contributed by atoms with Gasteiger partial charge in [0, 0.05) is 0 Å². The van der Waals surface area contributed by atoms with Gasteiger partial charge in [-0.05, 0) is 39.5 Å². The first-order valence-electron chi connectivity index (χ1n) is 5.84. The average molecular weight is 222 g/mol. The maximum atomic E-state index is 12.0. The summed E-state index contributed by atoms with van der Waals surface area (Å²) in [6.45, 7) is 4.88. The summed E-state index contributed by atoms with van der Waals surface area (Å²) in [5.41, 5.74) is 0. The van der Waals surface area contributed by atoms with Crippen molar-refractivity contribution >= 4 is 0 Å². The normalized spacial score (nSPS) is 11.6. The molecule has 0 radical (unpaired) electrons. The van der Waals surface area contributed by atoms with Crippen molar-refractivity contribution in [3.05, 3.63) is 0 Å². The van der Waals surface area contributed by atoms with Crippen LogP contribution in [-0.2, 0) is 0 Å². The maximum absolute atomic E-state index is 12.0. The summed E-state index contributed by atoms with van der Waals surface area (Å²) in [5, 5.41) is 3.26. The molecule has 92 valence electrons. The van der Waals surface area contributed by atoms with E-state index in [4.69, 9.17) is 0 Å². The van der Waals surface area contributed by atoms with Gasteiger partial charge in [-0.15, -0.1) is 0 Å². The molecule has 0 unspecified atom stereocenters. The Morgan fingerprint density at radius 2 is 1.80 bits per heavy atom. The number of nitrogens with one attached hydrogen (secondary N) is 1. The van der Waals surface area contributed by atoms with E-state index in [0.717, 1.165) is 32.5 Å². The lowest BCUT2D eigenvalue weighted by Gasteiger charge is -2.15. The van der Waals surface area contributed by atoms with E-state index in [1.807, 2.05) is 0 Å². The van der Waals surface area contributed by atoms with Gasteiger partial charge in [-0.3, -0.25) is 0 Å². The third-order valence-corrected chi connectivity index (χ3v) is 2.34. The summed E-state index contributed by atoms with van der Waals surface area (Å²) in [6.07, 6.45) is 2.33. The van der Waals surface area contributed by atoms with Gasteiger partial charge in [-0.1, -0.05) is 19.8 Å². The fraction of sp³-hybridized carbons (Fsp3) is 1.00. The van der Waals surface area contributed by atoms with Gasteiger partial charge < -0.3 is 10.2 Å². The summed E-state index contributed by atoms with van der Waals surface area (Å²) >= 11 is 0. The lowest BCUT2D eigenvalue weighted by Crippen LogP contribution is -2.25. The van der Waals surface area contributed by atoms with Crippen molar-refractivity contribution in [1.82, 2.24) is 10.2 Å². The molecule has 1 N–H and O–H groups in total. The third-order valence-electron chi connectivity index (χ3n) is 2.34. The Labute approximate surface area is 92.0 Å². The SMILES string of the molecule is CCNCCCCCCN(C)CC(F)F. The van der Waals surface area contributed by atoms with E-state index in [1.54, 1.807) is 11.9 Å². The molecule has 0 bridgehead atoms. The Morgan fingerprint density at radius 3 is 2.40 bits per heavy atom. The molecule has 0 amide bonds. The fourth-order valence-electron chi connectivity index (χ4n) is 1.49. The maximum Gasteiger partial charge on any atom is 0.251 e. The summed E-state index contributed by atoms with van der Waals surface area (Å²) in [4.78, 5) is 1.70. The Bertz CT molecular complexity index is 132. The number of hydrogen-bond donors (Lipinski definition) is 1. The van der Waals surface area contributed by atoms with Crippen LogP contribution in [-0.4, -0.2) is 44.6 Å². The number of rotatable bonds is 10. The van der Waals surface area contributed by atoms with Gasteiger partial charge >= 0.3 is 0 Å². The van der Waals surface area contributed by atoms with Crippen LogP contribution in [0.1, 0.15) is 32.6 Å². The predicted octanol–water partition coefficient (Wildman–Crippen LogP) is 2.35. The average Bonchev–Trinajstić information content (AvgIpc) is 2.15. The minimum absolute atomic E-state index is 0.0998. The zero-order chi connectivity index (χ0) is 11.5. The van der Waals surface area contributed by atoms with Crippen molar-refractivity contribution < 1.29 is 8.78 Å². The summed E-state index contributed by atoms with van der Waals surface area (Å²) in [5.74, 6) is 0. The molecule has 0 rings (SSSR count). The first-order valence-corrected chi connectivity index (χ1v) is 5.84. The minimum Gasteiger partial charge on any atom is -0.317 e. The number of alkyl halides is 2. The Morgan fingerprint density at radius 1 is 1.13 bits per heavy atom. The third kappa shape index (κ3) is 11.7. The Hall–Kier alpha value is -0.220. The van der Waals surface area contributed by atoms with Gasteiger partial charge in [-0.25, -0.2) is 8.78 Å². The van der Waals surface area contributed by atoms with Crippen molar-refractivity contribution in [2.24, 2.45) is 0 Å². The van der Waals surface area contributed by atoms with Gasteiger partial charge in [0.05, 0.1) is 6.54 Å². The van der Waals surface area contributed by atoms with Gasteiger partial charge in [0.1, 0.15) is 0 Å². The highest BCUT2D eigenvalue weighted by Crippen LogP contribution is 2.02. The lowest BCUT2D eigenvalue weighted by atomic mass is 10.2. The standard InChI is InChI=1S/C11H24F2N2/c1-3-14-8-6-4-5-7-9-15(2)10-11(12)13/h11,14H,3-10H2,1-2H3. The molecule has 0 saturated carbocycles. The minimum atomic E-state index is -2.20. The number of hydrogen-bond acceptors (Lipinski definition) is 2. The molecule has 0 aromatic carbocycles. The highest BCUT2D eigenvalue weighted by molar-refractivity contribution is 4.54. The topological polar surface area (TPSA) is 15.3 Å². The summed E-state index contributed by atoms with van der Waals surface area (Å²) in [6, 6.07) is 0. The van der Waals surface area contributed by atoms with Crippen LogP contribution in [0, 0.1) is 0 Å². The quantitative estimate of drug-likeness (QED) is 0.571. The lowest BCUT2D eigenvalue weighted by molar-refractivity contribution is 0.0995. The first-order chi connectivity index (χ1) is 7.16.